The molecule has 1 saturated heterocycles. The predicted molar refractivity (Wildman–Crippen MR) is 75.6 cm³/mol. The molecule has 2 heterocycles. The lowest BCUT2D eigenvalue weighted by Gasteiger charge is -2.24. The Labute approximate surface area is 115 Å². The molecule has 0 aromatic heterocycles. The van der Waals surface area contributed by atoms with Crippen LogP contribution < -0.4 is 10.1 Å². The van der Waals surface area contributed by atoms with E-state index in [0.29, 0.717) is 12.0 Å². The van der Waals surface area contributed by atoms with Gasteiger partial charge in [0.2, 0.25) is 0 Å². The molecule has 0 spiro atoms. The lowest BCUT2D eigenvalue weighted by molar-refractivity contribution is 0.0540. The van der Waals surface area contributed by atoms with E-state index in [1.807, 2.05) is 0 Å². The van der Waals surface area contributed by atoms with Crippen LogP contribution in [0.15, 0.2) is 18.2 Å². The van der Waals surface area contributed by atoms with Crippen molar-refractivity contribution in [3.05, 3.63) is 29.3 Å². The Bertz CT molecular complexity index is 427. The summed E-state index contributed by atoms with van der Waals surface area (Å²) >= 11 is 0. The van der Waals surface area contributed by atoms with Crippen LogP contribution in [-0.4, -0.2) is 26.4 Å². The molecule has 3 rings (SSSR count). The fraction of sp³-hybridized carbons (Fsp3) is 0.625. The minimum absolute atomic E-state index is 0.396. The highest BCUT2D eigenvalue weighted by atomic mass is 16.5. The van der Waals surface area contributed by atoms with E-state index in [9.17, 15) is 0 Å². The molecule has 1 fully saturated rings. The number of hydrogen-bond donors (Lipinski definition) is 1. The number of rotatable bonds is 4. The Balaban J connectivity index is 1.56. The highest BCUT2D eigenvalue weighted by Gasteiger charge is 2.17. The van der Waals surface area contributed by atoms with E-state index in [1.54, 1.807) is 0 Å². The molecule has 2 atom stereocenters. The van der Waals surface area contributed by atoms with Crippen LogP contribution in [0.4, 0.5) is 0 Å². The zero-order valence-corrected chi connectivity index (χ0v) is 11.7. The molecule has 0 aliphatic carbocycles. The van der Waals surface area contributed by atoms with Gasteiger partial charge in [0.25, 0.3) is 0 Å². The number of nitrogens with one attached hydrogen (secondary N) is 1. The summed E-state index contributed by atoms with van der Waals surface area (Å²) in [5.41, 5.74) is 2.72. The minimum atomic E-state index is 0.396. The van der Waals surface area contributed by atoms with Gasteiger partial charge in [0.05, 0.1) is 13.2 Å². The van der Waals surface area contributed by atoms with E-state index in [2.05, 4.69) is 30.4 Å². The maximum absolute atomic E-state index is 5.55. The molecular formula is C16H23NO2. The first-order valence-electron chi connectivity index (χ1n) is 7.39. The summed E-state index contributed by atoms with van der Waals surface area (Å²) in [4.78, 5) is 0. The Morgan fingerprint density at radius 3 is 3.16 bits per heavy atom. The smallest absolute Gasteiger partial charge is 0.122 e. The summed E-state index contributed by atoms with van der Waals surface area (Å²) in [7, 11) is 0. The van der Waals surface area contributed by atoms with Crippen LogP contribution >= 0.6 is 0 Å². The summed E-state index contributed by atoms with van der Waals surface area (Å²) in [5.74, 6) is 1.74. The van der Waals surface area contributed by atoms with E-state index < -0.39 is 0 Å². The maximum Gasteiger partial charge on any atom is 0.122 e. The lowest BCUT2D eigenvalue weighted by Crippen LogP contribution is -2.30. The highest BCUT2D eigenvalue weighted by Crippen LogP contribution is 2.28. The number of ether oxygens (including phenoxy) is 2. The van der Waals surface area contributed by atoms with Gasteiger partial charge in [-0.25, -0.2) is 0 Å². The van der Waals surface area contributed by atoms with Crippen molar-refractivity contribution in [3.63, 3.8) is 0 Å². The van der Waals surface area contributed by atoms with E-state index in [1.165, 1.54) is 24.0 Å². The Hall–Kier alpha value is -1.06. The second kappa shape index (κ2) is 5.93. The first-order chi connectivity index (χ1) is 9.33. The Morgan fingerprint density at radius 2 is 2.32 bits per heavy atom. The van der Waals surface area contributed by atoms with Crippen molar-refractivity contribution in [2.75, 3.05) is 26.4 Å². The summed E-state index contributed by atoms with van der Waals surface area (Å²) in [6.45, 7) is 5.98. The van der Waals surface area contributed by atoms with Gasteiger partial charge in [-0.1, -0.05) is 12.1 Å². The molecule has 2 unspecified atom stereocenters. The van der Waals surface area contributed by atoms with E-state index in [0.717, 1.165) is 38.5 Å². The van der Waals surface area contributed by atoms with Crippen molar-refractivity contribution in [2.45, 2.75) is 32.2 Å². The van der Waals surface area contributed by atoms with Crippen LogP contribution in [0.3, 0.4) is 0 Å². The Morgan fingerprint density at radius 1 is 1.37 bits per heavy atom. The van der Waals surface area contributed by atoms with Crippen molar-refractivity contribution >= 4 is 0 Å². The van der Waals surface area contributed by atoms with Crippen molar-refractivity contribution < 1.29 is 9.47 Å². The molecular weight excluding hydrogens is 238 g/mol. The van der Waals surface area contributed by atoms with Gasteiger partial charge in [0.1, 0.15) is 5.75 Å². The zero-order valence-electron chi connectivity index (χ0n) is 11.7. The van der Waals surface area contributed by atoms with Gasteiger partial charge in [0.15, 0.2) is 0 Å². The average Bonchev–Trinajstić information content (AvgIpc) is 2.93. The average molecular weight is 261 g/mol. The number of benzene rings is 1. The molecule has 0 bridgehead atoms. The third-order valence-electron chi connectivity index (χ3n) is 4.18. The molecule has 19 heavy (non-hydrogen) atoms. The van der Waals surface area contributed by atoms with E-state index in [-0.39, 0.29) is 0 Å². The molecule has 104 valence electrons. The van der Waals surface area contributed by atoms with E-state index in [4.69, 9.17) is 9.47 Å². The van der Waals surface area contributed by atoms with Gasteiger partial charge in [-0.3, -0.25) is 0 Å². The third kappa shape index (κ3) is 3.10. The predicted octanol–water partition coefficient (Wildman–Crippen LogP) is 2.70. The number of hydrogen-bond acceptors (Lipinski definition) is 3. The monoisotopic (exact) mass is 261 g/mol. The van der Waals surface area contributed by atoms with E-state index >= 15 is 0 Å². The van der Waals surface area contributed by atoms with Gasteiger partial charge < -0.3 is 14.8 Å². The fourth-order valence-corrected chi connectivity index (χ4v) is 2.91. The molecule has 1 aromatic carbocycles. The van der Waals surface area contributed by atoms with Gasteiger partial charge in [-0.2, -0.15) is 0 Å². The quantitative estimate of drug-likeness (QED) is 0.904. The normalized spacial score (nSPS) is 23.7. The topological polar surface area (TPSA) is 30.5 Å². The van der Waals surface area contributed by atoms with Crippen molar-refractivity contribution in [3.8, 4) is 5.75 Å². The molecule has 2 aliphatic heterocycles. The first kappa shape index (κ1) is 12.9. The molecule has 3 heteroatoms. The van der Waals surface area contributed by atoms with Crippen molar-refractivity contribution in [1.29, 1.82) is 0 Å². The lowest BCUT2D eigenvalue weighted by atomic mass is 10.00. The standard InChI is InChI=1S/C16H23NO2/c1-12(17-10-13-3-2-7-18-11-13)14-4-5-16-15(9-14)6-8-19-16/h4-5,9,12-13,17H,2-3,6-8,10-11H2,1H3. The summed E-state index contributed by atoms with van der Waals surface area (Å²) in [6.07, 6.45) is 3.54. The molecule has 1 aromatic rings. The highest BCUT2D eigenvalue weighted by molar-refractivity contribution is 5.40. The molecule has 0 saturated carbocycles. The largest absolute Gasteiger partial charge is 0.493 e. The molecule has 2 aliphatic rings. The van der Waals surface area contributed by atoms with Crippen LogP contribution in [0.1, 0.15) is 36.9 Å². The van der Waals surface area contributed by atoms with Crippen LogP contribution in [-0.2, 0) is 11.2 Å². The van der Waals surface area contributed by atoms with Gasteiger partial charge in [-0.05, 0) is 42.9 Å². The second-order valence-corrected chi connectivity index (χ2v) is 5.68. The zero-order chi connectivity index (χ0) is 13.1. The van der Waals surface area contributed by atoms with Crippen LogP contribution in [0.2, 0.25) is 0 Å². The van der Waals surface area contributed by atoms with Crippen molar-refractivity contribution in [1.82, 2.24) is 5.32 Å². The third-order valence-corrected chi connectivity index (χ3v) is 4.18. The fourth-order valence-electron chi connectivity index (χ4n) is 2.91. The SMILES string of the molecule is CC(NCC1CCCOC1)c1ccc2c(c1)CCO2. The number of fused-ring (bicyclic) bond motifs is 1. The summed E-state index contributed by atoms with van der Waals surface area (Å²) in [5, 5.41) is 3.64. The Kier molecular flexibility index (Phi) is 4.04. The molecule has 1 N–H and O–H groups in total. The minimum Gasteiger partial charge on any atom is -0.493 e. The maximum atomic E-state index is 5.55. The molecule has 0 amide bonds. The summed E-state index contributed by atoms with van der Waals surface area (Å²) < 4.78 is 11.1. The van der Waals surface area contributed by atoms with Crippen LogP contribution in [0.5, 0.6) is 5.75 Å². The molecule has 3 nitrogen and oxygen atoms in total. The second-order valence-electron chi connectivity index (χ2n) is 5.68. The van der Waals surface area contributed by atoms with Crippen molar-refractivity contribution in [2.24, 2.45) is 5.92 Å². The summed E-state index contributed by atoms with van der Waals surface area (Å²) in [6, 6.07) is 6.98. The van der Waals surface area contributed by atoms with Gasteiger partial charge in [-0.15, -0.1) is 0 Å². The molecule has 0 radical (unpaired) electrons. The first-order valence-corrected chi connectivity index (χ1v) is 7.39. The van der Waals surface area contributed by atoms with Crippen LogP contribution in [0.25, 0.3) is 0 Å². The van der Waals surface area contributed by atoms with Crippen LogP contribution in [0, 0.1) is 5.92 Å². The van der Waals surface area contributed by atoms with Gasteiger partial charge in [0, 0.05) is 25.6 Å². The van der Waals surface area contributed by atoms with Gasteiger partial charge >= 0.3 is 0 Å².